The van der Waals surface area contributed by atoms with Crippen LogP contribution in [0.3, 0.4) is 0 Å². The molecule has 2 heterocycles. The van der Waals surface area contributed by atoms with Crippen LogP contribution in [0.15, 0.2) is 40.2 Å². The molecule has 10 heteroatoms. The van der Waals surface area contributed by atoms with Gasteiger partial charge < -0.3 is 9.80 Å². The minimum atomic E-state index is -3.38. The number of nitrogens with one attached hydrogen (secondary N) is 1. The van der Waals surface area contributed by atoms with Gasteiger partial charge in [-0.3, -0.25) is 9.59 Å². The molecule has 0 aliphatic carbocycles. The van der Waals surface area contributed by atoms with Crippen molar-refractivity contribution in [3.8, 4) is 0 Å². The second-order valence-corrected chi connectivity index (χ2v) is 8.38. The molecule has 138 valence electrons. The summed E-state index contributed by atoms with van der Waals surface area (Å²) in [4.78, 5) is 27.6. The van der Waals surface area contributed by atoms with E-state index in [0.29, 0.717) is 24.3 Å². The van der Waals surface area contributed by atoms with Gasteiger partial charge in [0, 0.05) is 25.9 Å². The zero-order valence-electron chi connectivity index (χ0n) is 14.0. The van der Waals surface area contributed by atoms with Crippen LogP contribution in [-0.4, -0.2) is 55.3 Å². The van der Waals surface area contributed by atoms with Gasteiger partial charge in [0.2, 0.25) is 5.91 Å². The highest BCUT2D eigenvalue weighted by Gasteiger charge is 2.27. The maximum absolute atomic E-state index is 12.5. The van der Waals surface area contributed by atoms with E-state index in [1.165, 1.54) is 12.3 Å². The van der Waals surface area contributed by atoms with Crippen LogP contribution in [-0.2, 0) is 21.2 Å². The summed E-state index contributed by atoms with van der Waals surface area (Å²) >= 11 is 5.99. The van der Waals surface area contributed by atoms with E-state index in [0.717, 1.165) is 6.26 Å². The molecule has 1 saturated heterocycles. The number of sulfone groups is 1. The highest BCUT2D eigenvalue weighted by Crippen LogP contribution is 2.23. The Kier molecular flexibility index (Phi) is 5.01. The molecule has 8 nitrogen and oxygen atoms in total. The van der Waals surface area contributed by atoms with Gasteiger partial charge in [-0.1, -0.05) is 29.8 Å². The molecule has 1 aliphatic rings. The smallest absolute Gasteiger partial charge is 0.285 e. The summed E-state index contributed by atoms with van der Waals surface area (Å²) < 4.78 is 23.8. The van der Waals surface area contributed by atoms with Gasteiger partial charge in [0.25, 0.3) is 5.56 Å². The normalized spacial score (nSPS) is 15.4. The van der Waals surface area contributed by atoms with E-state index in [4.69, 9.17) is 11.6 Å². The molecule has 1 N–H and O–H groups in total. The molecule has 1 aromatic carbocycles. The maximum Gasteiger partial charge on any atom is 0.285 e. The van der Waals surface area contributed by atoms with Crippen molar-refractivity contribution in [3.05, 3.63) is 51.4 Å². The summed E-state index contributed by atoms with van der Waals surface area (Å²) in [5.74, 6) is -0.184. The fourth-order valence-electron chi connectivity index (χ4n) is 2.88. The van der Waals surface area contributed by atoms with Crippen LogP contribution in [0.25, 0.3) is 0 Å². The van der Waals surface area contributed by atoms with E-state index < -0.39 is 15.4 Å². The summed E-state index contributed by atoms with van der Waals surface area (Å²) in [7, 11) is -3.38. The summed E-state index contributed by atoms with van der Waals surface area (Å²) in [5, 5.41) is 5.94. The average molecular weight is 397 g/mol. The molecule has 0 radical (unpaired) electrons. The van der Waals surface area contributed by atoms with Gasteiger partial charge in [0.15, 0.2) is 9.84 Å². The number of rotatable bonds is 4. The molecule has 0 spiro atoms. The fourth-order valence-corrected chi connectivity index (χ4v) is 4.02. The third kappa shape index (κ3) is 3.73. The number of hydrogen-bond acceptors (Lipinski definition) is 6. The monoisotopic (exact) mass is 396 g/mol. The number of halogens is 1. The first-order valence-electron chi connectivity index (χ1n) is 7.81. The van der Waals surface area contributed by atoms with Crippen LogP contribution < -0.4 is 10.5 Å². The van der Waals surface area contributed by atoms with E-state index in [9.17, 15) is 18.0 Å². The van der Waals surface area contributed by atoms with E-state index in [1.54, 1.807) is 28.0 Å². The number of aromatic nitrogens is 2. The molecular weight excluding hydrogens is 380 g/mol. The lowest BCUT2D eigenvalue weighted by molar-refractivity contribution is -0.131. The van der Waals surface area contributed by atoms with Gasteiger partial charge in [-0.2, -0.15) is 5.10 Å². The van der Waals surface area contributed by atoms with Crippen molar-refractivity contribution in [2.75, 3.05) is 30.8 Å². The molecule has 3 rings (SSSR count). The molecule has 1 fully saturated rings. The Balaban J connectivity index is 1.78. The van der Waals surface area contributed by atoms with Crippen molar-refractivity contribution in [2.24, 2.45) is 0 Å². The molecule has 0 bridgehead atoms. The van der Waals surface area contributed by atoms with Crippen molar-refractivity contribution in [1.82, 2.24) is 15.1 Å². The maximum atomic E-state index is 12.5. The van der Waals surface area contributed by atoms with Gasteiger partial charge in [-0.15, -0.1) is 0 Å². The topological polar surface area (TPSA) is 103 Å². The fraction of sp³-hybridized carbons (Fsp3) is 0.312. The molecule has 0 atom stereocenters. The lowest BCUT2D eigenvalue weighted by Crippen LogP contribution is -2.50. The lowest BCUT2D eigenvalue weighted by atomic mass is 10.2. The Morgan fingerprint density at radius 1 is 1.23 bits per heavy atom. The second kappa shape index (κ2) is 7.08. The number of benzene rings is 1. The van der Waals surface area contributed by atoms with Crippen molar-refractivity contribution in [1.29, 1.82) is 0 Å². The van der Waals surface area contributed by atoms with E-state index in [1.807, 2.05) is 0 Å². The number of aromatic amines is 1. The van der Waals surface area contributed by atoms with Crippen molar-refractivity contribution >= 4 is 33.0 Å². The van der Waals surface area contributed by atoms with Crippen LogP contribution in [0, 0.1) is 0 Å². The number of nitrogens with zero attached hydrogens (tertiary/aromatic N) is 3. The SMILES string of the molecule is CS(=O)(=O)c1ccccc1CN1CCN(c2cn[nH]c(=O)c2Cl)CC1=O. The Hall–Kier alpha value is -2.39. The highest BCUT2D eigenvalue weighted by atomic mass is 35.5. The first kappa shape index (κ1) is 18.4. The zero-order chi connectivity index (χ0) is 18.9. The van der Waals surface area contributed by atoms with Crippen LogP contribution >= 0.6 is 11.6 Å². The molecule has 1 aliphatic heterocycles. The number of piperazine rings is 1. The minimum absolute atomic E-state index is 0.0105. The third-order valence-corrected chi connectivity index (χ3v) is 5.73. The molecular formula is C16H17ClN4O4S. The molecule has 1 amide bonds. The summed E-state index contributed by atoms with van der Waals surface area (Å²) in [6.07, 6.45) is 2.55. The summed E-state index contributed by atoms with van der Waals surface area (Å²) in [6.45, 7) is 1.07. The van der Waals surface area contributed by atoms with E-state index in [-0.39, 0.29) is 28.9 Å². The molecule has 0 unspecified atom stereocenters. The number of H-pyrrole nitrogens is 1. The van der Waals surface area contributed by atoms with Crippen LogP contribution in [0.5, 0.6) is 0 Å². The van der Waals surface area contributed by atoms with Gasteiger partial charge in [0.05, 0.1) is 23.3 Å². The summed E-state index contributed by atoms with van der Waals surface area (Å²) in [6, 6.07) is 6.63. The highest BCUT2D eigenvalue weighted by molar-refractivity contribution is 7.90. The molecule has 0 saturated carbocycles. The van der Waals surface area contributed by atoms with E-state index >= 15 is 0 Å². The predicted molar refractivity (Wildman–Crippen MR) is 97.0 cm³/mol. The van der Waals surface area contributed by atoms with Gasteiger partial charge >= 0.3 is 0 Å². The van der Waals surface area contributed by atoms with Crippen molar-refractivity contribution in [3.63, 3.8) is 0 Å². The van der Waals surface area contributed by atoms with Crippen molar-refractivity contribution < 1.29 is 13.2 Å². The van der Waals surface area contributed by atoms with Crippen LogP contribution in [0.1, 0.15) is 5.56 Å². The quantitative estimate of drug-likeness (QED) is 0.814. The lowest BCUT2D eigenvalue weighted by Gasteiger charge is -2.35. The van der Waals surface area contributed by atoms with E-state index in [2.05, 4.69) is 10.2 Å². The Labute approximate surface area is 155 Å². The number of carbonyl (C=O) groups excluding carboxylic acids is 1. The van der Waals surface area contributed by atoms with Gasteiger partial charge in [-0.25, -0.2) is 13.5 Å². The standard InChI is InChI=1S/C16H17ClN4O4S/c1-26(24,25)13-5-3-2-4-11(13)9-21-7-6-20(10-14(21)22)12-8-18-19-16(23)15(12)17/h2-5,8H,6-7,9-10H2,1H3,(H,19,23). The zero-order valence-corrected chi connectivity index (χ0v) is 15.5. The molecule has 2 aromatic rings. The van der Waals surface area contributed by atoms with Crippen LogP contribution in [0.4, 0.5) is 5.69 Å². The number of anilines is 1. The largest absolute Gasteiger partial charge is 0.358 e. The van der Waals surface area contributed by atoms with Gasteiger partial charge in [-0.05, 0) is 11.6 Å². The third-order valence-electron chi connectivity index (χ3n) is 4.17. The number of carbonyl (C=O) groups is 1. The van der Waals surface area contributed by atoms with Gasteiger partial charge in [0.1, 0.15) is 5.02 Å². The van der Waals surface area contributed by atoms with Crippen LogP contribution in [0.2, 0.25) is 5.02 Å². The Morgan fingerprint density at radius 2 is 1.96 bits per heavy atom. The summed E-state index contributed by atoms with van der Waals surface area (Å²) in [5.41, 5.74) is 0.466. The molecule has 26 heavy (non-hydrogen) atoms. The minimum Gasteiger partial charge on any atom is -0.358 e. The first-order valence-corrected chi connectivity index (χ1v) is 10.1. The second-order valence-electron chi connectivity index (χ2n) is 6.02. The number of amides is 1. The first-order chi connectivity index (χ1) is 12.3. The number of hydrogen-bond donors (Lipinski definition) is 1. The Bertz CT molecular complexity index is 1010. The van der Waals surface area contributed by atoms with Crippen molar-refractivity contribution in [2.45, 2.75) is 11.4 Å². The molecule has 1 aromatic heterocycles. The average Bonchev–Trinajstić information content (AvgIpc) is 2.59. The Morgan fingerprint density at radius 3 is 2.65 bits per heavy atom. The predicted octanol–water partition coefficient (Wildman–Crippen LogP) is 0.676.